The second-order valence-corrected chi connectivity index (χ2v) is 4.46. The smallest absolute Gasteiger partial charge is 0.0329 e. The van der Waals surface area contributed by atoms with E-state index in [0.29, 0.717) is 0 Å². The Morgan fingerprint density at radius 2 is 2.00 bits per heavy atom. The summed E-state index contributed by atoms with van der Waals surface area (Å²) in [5, 5.41) is 0. The van der Waals surface area contributed by atoms with Gasteiger partial charge >= 0.3 is 0 Å². The molecule has 0 heterocycles. The first-order valence-electron chi connectivity index (χ1n) is 4.75. The Labute approximate surface area is 64.0 Å². The second-order valence-electron chi connectivity index (χ2n) is 4.46. The largest absolute Gasteiger partial charge is 0.0651 e. The van der Waals surface area contributed by atoms with Gasteiger partial charge < -0.3 is 0 Å². The summed E-state index contributed by atoms with van der Waals surface area (Å²) in [7, 11) is 0. The second kappa shape index (κ2) is 1.99. The van der Waals surface area contributed by atoms with Crippen molar-refractivity contribution in [2.24, 2.45) is 29.6 Å². The fraction of sp³-hybridized carbons (Fsp3) is 1.00. The first-order chi connectivity index (χ1) is 4.75. The zero-order valence-electron chi connectivity index (χ0n) is 7.30. The molecule has 0 amide bonds. The Balaban J connectivity index is 1.97. The standard InChI is InChI=1S/C10H18/c1-4-7-8-5-9(8)10(7)6(2)3/h6-10H,4-5H2,1-3H3. The van der Waals surface area contributed by atoms with Crippen LogP contribution in [0.2, 0.25) is 0 Å². The molecule has 2 rings (SSSR count). The fourth-order valence-corrected chi connectivity index (χ4v) is 3.19. The number of hydrogen-bond donors (Lipinski definition) is 0. The van der Waals surface area contributed by atoms with E-state index in [9.17, 15) is 0 Å². The quantitative estimate of drug-likeness (QED) is 0.550. The van der Waals surface area contributed by atoms with Crippen molar-refractivity contribution in [1.29, 1.82) is 0 Å². The molecule has 4 unspecified atom stereocenters. The molecule has 58 valence electrons. The van der Waals surface area contributed by atoms with Gasteiger partial charge in [-0.2, -0.15) is 0 Å². The third-order valence-corrected chi connectivity index (χ3v) is 3.67. The molecule has 4 atom stereocenters. The monoisotopic (exact) mass is 138 g/mol. The topological polar surface area (TPSA) is 0 Å². The van der Waals surface area contributed by atoms with E-state index in [2.05, 4.69) is 20.8 Å². The molecule has 0 spiro atoms. The van der Waals surface area contributed by atoms with Gasteiger partial charge in [0, 0.05) is 0 Å². The minimum atomic E-state index is 0.952. The molecule has 0 aliphatic heterocycles. The minimum Gasteiger partial charge on any atom is -0.0651 e. The lowest BCUT2D eigenvalue weighted by Crippen LogP contribution is -2.33. The molecule has 0 aromatic carbocycles. The van der Waals surface area contributed by atoms with E-state index >= 15 is 0 Å². The molecule has 2 aliphatic rings. The van der Waals surface area contributed by atoms with Gasteiger partial charge in [-0.1, -0.05) is 27.2 Å². The summed E-state index contributed by atoms with van der Waals surface area (Å²) in [5.74, 6) is 5.52. The highest BCUT2D eigenvalue weighted by molar-refractivity contribution is 5.08. The van der Waals surface area contributed by atoms with Crippen LogP contribution in [0, 0.1) is 29.6 Å². The van der Waals surface area contributed by atoms with Crippen molar-refractivity contribution in [3.05, 3.63) is 0 Å². The van der Waals surface area contributed by atoms with Crippen molar-refractivity contribution in [1.82, 2.24) is 0 Å². The van der Waals surface area contributed by atoms with Gasteiger partial charge in [-0.25, -0.2) is 0 Å². The number of rotatable bonds is 2. The zero-order chi connectivity index (χ0) is 7.30. The van der Waals surface area contributed by atoms with E-state index in [0.717, 1.165) is 17.8 Å². The molecule has 0 radical (unpaired) electrons. The summed E-state index contributed by atoms with van der Waals surface area (Å²) < 4.78 is 0. The molecule has 0 aromatic rings. The molecule has 2 fully saturated rings. The average Bonchev–Trinajstić information content (AvgIpc) is 2.44. The van der Waals surface area contributed by atoms with Crippen LogP contribution in [0.1, 0.15) is 33.6 Å². The zero-order valence-corrected chi connectivity index (χ0v) is 7.30. The minimum absolute atomic E-state index is 0.952. The summed E-state index contributed by atoms with van der Waals surface area (Å²) in [4.78, 5) is 0. The summed E-state index contributed by atoms with van der Waals surface area (Å²) in [6, 6.07) is 0. The van der Waals surface area contributed by atoms with Crippen molar-refractivity contribution >= 4 is 0 Å². The van der Waals surface area contributed by atoms with E-state index in [1.54, 1.807) is 6.42 Å². The Kier molecular flexibility index (Phi) is 1.33. The molecular formula is C10H18. The third kappa shape index (κ3) is 0.681. The molecule has 0 saturated heterocycles. The van der Waals surface area contributed by atoms with Gasteiger partial charge in [0.2, 0.25) is 0 Å². The van der Waals surface area contributed by atoms with Gasteiger partial charge in [0.15, 0.2) is 0 Å². The fourth-order valence-electron chi connectivity index (χ4n) is 3.19. The van der Waals surface area contributed by atoms with Gasteiger partial charge in [-0.15, -0.1) is 0 Å². The highest BCUT2D eigenvalue weighted by Gasteiger charge is 2.60. The molecule has 0 N–H and O–H groups in total. The summed E-state index contributed by atoms with van der Waals surface area (Å²) in [6.45, 7) is 7.14. The molecule has 2 aliphatic carbocycles. The van der Waals surface area contributed by atoms with Crippen LogP contribution < -0.4 is 0 Å². The molecule has 0 heteroatoms. The lowest BCUT2D eigenvalue weighted by molar-refractivity contribution is 0.0990. The highest BCUT2D eigenvalue weighted by Crippen LogP contribution is 2.66. The predicted octanol–water partition coefficient (Wildman–Crippen LogP) is 2.93. The van der Waals surface area contributed by atoms with Gasteiger partial charge in [0.25, 0.3) is 0 Å². The summed E-state index contributed by atoms with van der Waals surface area (Å²) in [5.41, 5.74) is 0. The van der Waals surface area contributed by atoms with E-state index in [-0.39, 0.29) is 0 Å². The van der Waals surface area contributed by atoms with Crippen LogP contribution >= 0.6 is 0 Å². The number of hydrogen-bond acceptors (Lipinski definition) is 0. The van der Waals surface area contributed by atoms with E-state index in [1.165, 1.54) is 18.3 Å². The van der Waals surface area contributed by atoms with Crippen LogP contribution in [0.25, 0.3) is 0 Å². The SMILES string of the molecule is CCC1C2CC2C1C(C)C. The first kappa shape index (κ1) is 6.69. The Hall–Kier alpha value is 0. The summed E-state index contributed by atoms with van der Waals surface area (Å²) >= 11 is 0. The number of fused-ring (bicyclic) bond motifs is 1. The van der Waals surface area contributed by atoms with Crippen LogP contribution in [0.4, 0.5) is 0 Å². The van der Waals surface area contributed by atoms with Crippen molar-refractivity contribution in [3.63, 3.8) is 0 Å². The van der Waals surface area contributed by atoms with Crippen LogP contribution in [0.3, 0.4) is 0 Å². The van der Waals surface area contributed by atoms with Gasteiger partial charge in [0.05, 0.1) is 0 Å². The average molecular weight is 138 g/mol. The van der Waals surface area contributed by atoms with Gasteiger partial charge in [-0.05, 0) is 36.0 Å². The lowest BCUT2D eigenvalue weighted by Gasteiger charge is -2.38. The molecule has 0 nitrogen and oxygen atoms in total. The van der Waals surface area contributed by atoms with Crippen LogP contribution in [-0.4, -0.2) is 0 Å². The first-order valence-corrected chi connectivity index (χ1v) is 4.75. The maximum Gasteiger partial charge on any atom is -0.0329 e. The lowest BCUT2D eigenvalue weighted by atomic mass is 9.67. The van der Waals surface area contributed by atoms with E-state index in [1.807, 2.05) is 0 Å². The van der Waals surface area contributed by atoms with Crippen molar-refractivity contribution in [2.75, 3.05) is 0 Å². The van der Waals surface area contributed by atoms with Crippen LogP contribution in [0.5, 0.6) is 0 Å². The molecular weight excluding hydrogens is 120 g/mol. The van der Waals surface area contributed by atoms with E-state index < -0.39 is 0 Å². The van der Waals surface area contributed by atoms with Crippen molar-refractivity contribution in [3.8, 4) is 0 Å². The van der Waals surface area contributed by atoms with Gasteiger partial charge in [-0.3, -0.25) is 0 Å². The Bertz CT molecular complexity index is 135. The molecule has 0 aromatic heterocycles. The van der Waals surface area contributed by atoms with Crippen LogP contribution in [-0.2, 0) is 0 Å². The van der Waals surface area contributed by atoms with Crippen molar-refractivity contribution in [2.45, 2.75) is 33.6 Å². The highest BCUT2D eigenvalue weighted by atomic mass is 14.6. The Morgan fingerprint density at radius 1 is 1.30 bits per heavy atom. The van der Waals surface area contributed by atoms with Crippen molar-refractivity contribution < 1.29 is 0 Å². The summed E-state index contributed by atoms with van der Waals surface area (Å²) in [6.07, 6.45) is 3.01. The third-order valence-electron chi connectivity index (χ3n) is 3.67. The predicted molar refractivity (Wildman–Crippen MR) is 43.7 cm³/mol. The molecule has 10 heavy (non-hydrogen) atoms. The molecule has 0 bridgehead atoms. The van der Waals surface area contributed by atoms with E-state index in [4.69, 9.17) is 0 Å². The maximum atomic E-state index is 2.39. The van der Waals surface area contributed by atoms with Gasteiger partial charge in [0.1, 0.15) is 0 Å². The van der Waals surface area contributed by atoms with Crippen LogP contribution in [0.15, 0.2) is 0 Å². The molecule has 2 saturated carbocycles. The normalized spacial score (nSPS) is 50.4. The maximum absolute atomic E-state index is 2.39. The Morgan fingerprint density at radius 3 is 2.40 bits per heavy atom.